The van der Waals surface area contributed by atoms with Crippen molar-refractivity contribution in [3.63, 3.8) is 0 Å². The summed E-state index contributed by atoms with van der Waals surface area (Å²) in [5.74, 6) is -0.0798. The van der Waals surface area contributed by atoms with Crippen LogP contribution in [0.25, 0.3) is 0 Å². The zero-order valence-electron chi connectivity index (χ0n) is 6.69. The van der Waals surface area contributed by atoms with Gasteiger partial charge in [0.1, 0.15) is 6.10 Å². The number of hydrogen-bond donors (Lipinski definition) is 0. The maximum atomic E-state index is 10.8. The summed E-state index contributed by atoms with van der Waals surface area (Å²) < 4.78 is 5.11. The van der Waals surface area contributed by atoms with Gasteiger partial charge in [-0.15, -0.1) is 0 Å². The molecule has 0 amide bonds. The molecule has 0 bridgehead atoms. The molecule has 0 aromatic heterocycles. The molecule has 1 aromatic carbocycles. The lowest BCUT2D eigenvalue weighted by molar-refractivity contribution is -0.141. The van der Waals surface area contributed by atoms with E-state index in [0.717, 1.165) is 12.0 Å². The second-order valence-corrected chi connectivity index (χ2v) is 2.93. The Labute approximate surface area is 71.2 Å². The first kappa shape index (κ1) is 7.35. The van der Waals surface area contributed by atoms with Crippen LogP contribution in [0.5, 0.6) is 0 Å². The normalized spacial score (nSPS) is 22.3. The molecule has 0 saturated carbocycles. The molecule has 1 aliphatic rings. The minimum Gasteiger partial charge on any atom is -0.457 e. The summed E-state index contributed by atoms with van der Waals surface area (Å²) in [6.07, 6.45) is 1.38. The van der Waals surface area contributed by atoms with E-state index in [2.05, 4.69) is 0 Å². The fraction of sp³-hybridized carbons (Fsp3) is 0.300. The van der Waals surface area contributed by atoms with Crippen LogP contribution in [0, 0.1) is 0 Å². The average Bonchev–Trinajstić information content (AvgIpc) is 2.54. The molecule has 62 valence electrons. The monoisotopic (exact) mass is 162 g/mol. The zero-order valence-corrected chi connectivity index (χ0v) is 6.69. The predicted molar refractivity (Wildman–Crippen MR) is 44.5 cm³/mol. The van der Waals surface area contributed by atoms with E-state index in [1.807, 2.05) is 30.3 Å². The maximum Gasteiger partial charge on any atom is 0.306 e. The van der Waals surface area contributed by atoms with Gasteiger partial charge in [-0.05, 0) is 12.0 Å². The van der Waals surface area contributed by atoms with E-state index in [1.54, 1.807) is 0 Å². The van der Waals surface area contributed by atoms with Crippen LogP contribution in [0.4, 0.5) is 0 Å². The van der Waals surface area contributed by atoms with Crippen molar-refractivity contribution >= 4 is 5.97 Å². The minimum atomic E-state index is -0.0798. The Bertz CT molecular complexity index is 279. The van der Waals surface area contributed by atoms with Crippen LogP contribution in [-0.4, -0.2) is 5.97 Å². The Morgan fingerprint density at radius 2 is 2.00 bits per heavy atom. The fourth-order valence-electron chi connectivity index (χ4n) is 1.43. The predicted octanol–water partition coefficient (Wildman–Crippen LogP) is 2.06. The number of hydrogen-bond acceptors (Lipinski definition) is 2. The molecular formula is C10H10O2. The Kier molecular flexibility index (Phi) is 1.82. The van der Waals surface area contributed by atoms with Crippen molar-refractivity contribution in [1.29, 1.82) is 0 Å². The number of carbonyl (C=O) groups is 1. The van der Waals surface area contributed by atoms with E-state index in [1.165, 1.54) is 0 Å². The third kappa shape index (κ3) is 1.33. The molecular weight excluding hydrogens is 152 g/mol. The first-order chi connectivity index (χ1) is 5.86. The lowest BCUT2D eigenvalue weighted by atomic mass is 10.1. The van der Waals surface area contributed by atoms with Crippen molar-refractivity contribution < 1.29 is 9.53 Å². The Morgan fingerprint density at radius 1 is 1.25 bits per heavy atom. The molecule has 1 saturated heterocycles. The van der Waals surface area contributed by atoms with E-state index in [-0.39, 0.29) is 12.1 Å². The highest BCUT2D eigenvalue weighted by molar-refractivity contribution is 5.71. The summed E-state index contributed by atoms with van der Waals surface area (Å²) in [5, 5.41) is 0. The molecule has 0 aliphatic carbocycles. The quantitative estimate of drug-likeness (QED) is 0.591. The van der Waals surface area contributed by atoms with Crippen LogP contribution in [0.3, 0.4) is 0 Å². The Balaban J connectivity index is 2.16. The van der Waals surface area contributed by atoms with Crippen molar-refractivity contribution in [2.45, 2.75) is 18.9 Å². The van der Waals surface area contributed by atoms with E-state index in [4.69, 9.17) is 4.74 Å². The van der Waals surface area contributed by atoms with Gasteiger partial charge in [0.05, 0.1) is 0 Å². The van der Waals surface area contributed by atoms with Gasteiger partial charge >= 0.3 is 5.97 Å². The molecule has 1 atom stereocenters. The van der Waals surface area contributed by atoms with Crippen LogP contribution >= 0.6 is 0 Å². The van der Waals surface area contributed by atoms with Crippen LogP contribution in [0.15, 0.2) is 30.3 Å². The largest absolute Gasteiger partial charge is 0.457 e. The van der Waals surface area contributed by atoms with Gasteiger partial charge in [-0.1, -0.05) is 30.3 Å². The molecule has 1 fully saturated rings. The smallest absolute Gasteiger partial charge is 0.306 e. The zero-order chi connectivity index (χ0) is 8.39. The number of esters is 1. The molecule has 0 unspecified atom stereocenters. The number of ether oxygens (including phenoxy) is 1. The van der Waals surface area contributed by atoms with Gasteiger partial charge in [0, 0.05) is 6.42 Å². The molecule has 2 nitrogen and oxygen atoms in total. The van der Waals surface area contributed by atoms with Crippen molar-refractivity contribution in [3.8, 4) is 0 Å². The number of cyclic esters (lactones) is 1. The van der Waals surface area contributed by atoms with Gasteiger partial charge < -0.3 is 4.74 Å². The maximum absolute atomic E-state index is 10.8. The van der Waals surface area contributed by atoms with E-state index in [0.29, 0.717) is 6.42 Å². The summed E-state index contributed by atoms with van der Waals surface area (Å²) >= 11 is 0. The van der Waals surface area contributed by atoms with E-state index in [9.17, 15) is 4.79 Å². The van der Waals surface area contributed by atoms with Crippen LogP contribution in [-0.2, 0) is 9.53 Å². The molecule has 12 heavy (non-hydrogen) atoms. The lowest BCUT2D eigenvalue weighted by Crippen LogP contribution is -1.97. The highest BCUT2D eigenvalue weighted by Crippen LogP contribution is 2.28. The van der Waals surface area contributed by atoms with Crippen molar-refractivity contribution in [2.75, 3.05) is 0 Å². The summed E-state index contributed by atoms with van der Waals surface area (Å²) in [6, 6.07) is 9.86. The highest BCUT2D eigenvalue weighted by atomic mass is 16.5. The van der Waals surface area contributed by atoms with Crippen molar-refractivity contribution in [2.24, 2.45) is 0 Å². The summed E-state index contributed by atoms with van der Waals surface area (Å²) in [5.41, 5.74) is 1.10. The molecule has 0 N–H and O–H groups in total. The average molecular weight is 162 g/mol. The van der Waals surface area contributed by atoms with Gasteiger partial charge in [0.25, 0.3) is 0 Å². The first-order valence-electron chi connectivity index (χ1n) is 4.11. The van der Waals surface area contributed by atoms with Gasteiger partial charge in [0.2, 0.25) is 0 Å². The Morgan fingerprint density at radius 3 is 2.58 bits per heavy atom. The summed E-state index contributed by atoms with van der Waals surface area (Å²) in [4.78, 5) is 10.8. The standard InChI is InChI=1S/C10H10O2/c11-10-7-6-9(12-10)8-4-2-1-3-5-8/h1-5,9H,6-7H2/t9-/m0/s1. The Hall–Kier alpha value is -1.31. The van der Waals surface area contributed by atoms with Gasteiger partial charge in [0.15, 0.2) is 0 Å². The molecule has 0 radical (unpaired) electrons. The van der Waals surface area contributed by atoms with Crippen LogP contribution in [0.1, 0.15) is 24.5 Å². The molecule has 1 aromatic rings. The van der Waals surface area contributed by atoms with Gasteiger partial charge in [-0.3, -0.25) is 4.79 Å². The highest BCUT2D eigenvalue weighted by Gasteiger charge is 2.24. The second kappa shape index (κ2) is 2.97. The van der Waals surface area contributed by atoms with Gasteiger partial charge in [-0.25, -0.2) is 0 Å². The molecule has 1 heterocycles. The third-order valence-corrected chi connectivity index (χ3v) is 2.06. The van der Waals surface area contributed by atoms with E-state index < -0.39 is 0 Å². The number of carbonyl (C=O) groups excluding carboxylic acids is 1. The SMILES string of the molecule is O=C1CC[C@@H](c2ccccc2)O1. The van der Waals surface area contributed by atoms with Crippen molar-refractivity contribution in [3.05, 3.63) is 35.9 Å². The number of rotatable bonds is 1. The number of benzene rings is 1. The van der Waals surface area contributed by atoms with Crippen LogP contribution in [0.2, 0.25) is 0 Å². The minimum absolute atomic E-state index is 0.00120. The lowest BCUT2D eigenvalue weighted by Gasteiger charge is -2.07. The summed E-state index contributed by atoms with van der Waals surface area (Å²) in [7, 11) is 0. The molecule has 1 aliphatic heterocycles. The van der Waals surface area contributed by atoms with Crippen LogP contribution < -0.4 is 0 Å². The second-order valence-electron chi connectivity index (χ2n) is 2.93. The van der Waals surface area contributed by atoms with Crippen molar-refractivity contribution in [1.82, 2.24) is 0 Å². The summed E-state index contributed by atoms with van der Waals surface area (Å²) in [6.45, 7) is 0. The molecule has 2 rings (SSSR count). The molecule has 2 heteroatoms. The topological polar surface area (TPSA) is 26.3 Å². The van der Waals surface area contributed by atoms with E-state index >= 15 is 0 Å². The molecule has 0 spiro atoms. The fourth-order valence-corrected chi connectivity index (χ4v) is 1.43. The first-order valence-corrected chi connectivity index (χ1v) is 4.11. The van der Waals surface area contributed by atoms with Gasteiger partial charge in [-0.2, -0.15) is 0 Å². The third-order valence-electron chi connectivity index (χ3n) is 2.06.